The van der Waals surface area contributed by atoms with Crippen molar-refractivity contribution >= 4 is 22.8 Å². The van der Waals surface area contributed by atoms with E-state index in [2.05, 4.69) is 26.2 Å². The fraction of sp³-hybridized carbons (Fsp3) is 0.636. The van der Waals surface area contributed by atoms with Crippen molar-refractivity contribution in [2.24, 2.45) is 0 Å². The number of carbonyl (C=O) groups excluding carboxylic acids is 1. The van der Waals surface area contributed by atoms with Crippen molar-refractivity contribution in [2.75, 3.05) is 25.0 Å². The van der Waals surface area contributed by atoms with Crippen molar-refractivity contribution < 1.29 is 9.53 Å². The lowest BCUT2D eigenvalue weighted by Gasteiger charge is -2.29. The summed E-state index contributed by atoms with van der Waals surface area (Å²) in [7, 11) is 0. The van der Waals surface area contributed by atoms with Gasteiger partial charge in [-0.1, -0.05) is 19.3 Å². The largest absolute Gasteiger partial charge is 0.377 e. The summed E-state index contributed by atoms with van der Waals surface area (Å²) >= 11 is 0. The van der Waals surface area contributed by atoms with E-state index < -0.39 is 0 Å². The summed E-state index contributed by atoms with van der Waals surface area (Å²) in [6, 6.07) is 6.25. The van der Waals surface area contributed by atoms with Gasteiger partial charge in [-0.05, 0) is 43.9 Å². The summed E-state index contributed by atoms with van der Waals surface area (Å²) in [4.78, 5) is 19.7. The Hall–Kier alpha value is -2.12. The van der Waals surface area contributed by atoms with Gasteiger partial charge < -0.3 is 19.9 Å². The van der Waals surface area contributed by atoms with Crippen molar-refractivity contribution in [3.63, 3.8) is 0 Å². The van der Waals surface area contributed by atoms with Crippen LogP contribution in [0.15, 0.2) is 18.2 Å². The molecule has 2 aromatic rings. The molecule has 2 N–H and O–H groups in total. The highest BCUT2D eigenvalue weighted by molar-refractivity contribution is 5.92. The first kappa shape index (κ1) is 18.9. The van der Waals surface area contributed by atoms with Gasteiger partial charge in [0.05, 0.1) is 23.7 Å². The summed E-state index contributed by atoms with van der Waals surface area (Å²) in [5, 5.41) is 6.10. The van der Waals surface area contributed by atoms with E-state index in [1.54, 1.807) is 0 Å². The second-order valence-corrected chi connectivity index (χ2v) is 8.69. The molecule has 156 valence electrons. The lowest BCUT2D eigenvalue weighted by molar-refractivity contribution is 0.0636. The molecule has 1 aliphatic carbocycles. The minimum Gasteiger partial charge on any atom is -0.377 e. The molecule has 3 aliphatic rings. The van der Waals surface area contributed by atoms with E-state index in [0.29, 0.717) is 12.1 Å². The van der Waals surface area contributed by atoms with E-state index in [1.807, 2.05) is 12.1 Å². The number of rotatable bonds is 4. The summed E-state index contributed by atoms with van der Waals surface area (Å²) in [6.45, 7) is 4.74. The van der Waals surface area contributed by atoms with E-state index in [9.17, 15) is 4.79 Å². The molecule has 2 fully saturated rings. The predicted octanol–water partition coefficient (Wildman–Crippen LogP) is 3.49. The number of urea groups is 1. The normalized spacial score (nSPS) is 23.2. The molecule has 5 rings (SSSR count). The van der Waals surface area contributed by atoms with Crippen molar-refractivity contribution in [1.29, 1.82) is 0 Å². The van der Waals surface area contributed by atoms with Crippen LogP contribution in [-0.2, 0) is 17.8 Å². The van der Waals surface area contributed by atoms with Gasteiger partial charge in [-0.3, -0.25) is 4.90 Å². The van der Waals surface area contributed by atoms with Crippen LogP contribution in [0.25, 0.3) is 11.0 Å². The van der Waals surface area contributed by atoms with Crippen LogP contribution in [0.1, 0.15) is 50.8 Å². The molecule has 2 amide bonds. The average Bonchev–Trinajstić information content (AvgIpc) is 3.35. The zero-order chi connectivity index (χ0) is 19.6. The van der Waals surface area contributed by atoms with Gasteiger partial charge in [0.2, 0.25) is 0 Å². The molecule has 2 aliphatic heterocycles. The highest BCUT2D eigenvalue weighted by Gasteiger charge is 2.24. The SMILES string of the molecule is O=C(Nc1ccc2c(c1)nc1n2CCN(CC2CCCO2)C1)NC1CCCCC1. The zero-order valence-corrected chi connectivity index (χ0v) is 17.0. The number of anilines is 1. The van der Waals surface area contributed by atoms with Gasteiger partial charge >= 0.3 is 6.03 Å². The number of carbonyl (C=O) groups is 1. The van der Waals surface area contributed by atoms with E-state index in [0.717, 1.165) is 68.2 Å². The van der Waals surface area contributed by atoms with Crippen LogP contribution >= 0.6 is 0 Å². The van der Waals surface area contributed by atoms with Crippen LogP contribution in [0.4, 0.5) is 10.5 Å². The lowest BCUT2D eigenvalue weighted by atomic mass is 9.96. The Balaban J connectivity index is 1.24. The monoisotopic (exact) mass is 397 g/mol. The number of aromatic nitrogens is 2. The quantitative estimate of drug-likeness (QED) is 0.829. The Morgan fingerprint density at radius 3 is 2.86 bits per heavy atom. The van der Waals surface area contributed by atoms with E-state index in [-0.39, 0.29) is 6.03 Å². The molecule has 3 heterocycles. The van der Waals surface area contributed by atoms with Crippen LogP contribution in [0.3, 0.4) is 0 Å². The first-order chi connectivity index (χ1) is 14.2. The molecule has 29 heavy (non-hydrogen) atoms. The molecular formula is C22H31N5O2. The Morgan fingerprint density at radius 2 is 2.03 bits per heavy atom. The van der Waals surface area contributed by atoms with Crippen molar-refractivity contribution in [3.05, 3.63) is 24.0 Å². The molecule has 1 atom stereocenters. The molecule has 1 aromatic carbocycles. The average molecular weight is 398 g/mol. The highest BCUT2D eigenvalue weighted by Crippen LogP contribution is 2.25. The molecule has 1 saturated heterocycles. The molecule has 1 saturated carbocycles. The molecule has 7 heteroatoms. The topological polar surface area (TPSA) is 71.4 Å². The molecule has 0 radical (unpaired) electrons. The standard InChI is InChI=1S/C22H31N5O2/c28-22(23-16-5-2-1-3-6-16)24-17-8-9-20-19(13-17)25-21-15-26(10-11-27(20)21)14-18-7-4-12-29-18/h8-9,13,16,18H,1-7,10-12,14-15H2,(H2,23,24,28). The van der Waals surface area contributed by atoms with Crippen LogP contribution in [-0.4, -0.2) is 52.3 Å². The minimum absolute atomic E-state index is 0.108. The maximum Gasteiger partial charge on any atom is 0.319 e. The van der Waals surface area contributed by atoms with Crippen LogP contribution in [0.5, 0.6) is 0 Å². The molecule has 0 bridgehead atoms. The van der Waals surface area contributed by atoms with Crippen molar-refractivity contribution in [1.82, 2.24) is 19.8 Å². The fourth-order valence-corrected chi connectivity index (χ4v) is 4.98. The molecular weight excluding hydrogens is 366 g/mol. The fourth-order valence-electron chi connectivity index (χ4n) is 4.98. The lowest BCUT2D eigenvalue weighted by Crippen LogP contribution is -2.39. The number of benzene rings is 1. The van der Waals surface area contributed by atoms with E-state index >= 15 is 0 Å². The summed E-state index contributed by atoms with van der Waals surface area (Å²) < 4.78 is 8.11. The Morgan fingerprint density at radius 1 is 1.14 bits per heavy atom. The van der Waals surface area contributed by atoms with Gasteiger partial charge in [0.1, 0.15) is 5.82 Å². The van der Waals surface area contributed by atoms with Gasteiger partial charge in [-0.15, -0.1) is 0 Å². The maximum atomic E-state index is 12.4. The smallest absolute Gasteiger partial charge is 0.319 e. The summed E-state index contributed by atoms with van der Waals surface area (Å²) in [6.07, 6.45) is 8.61. The zero-order valence-electron chi connectivity index (χ0n) is 17.0. The third-order valence-electron chi connectivity index (χ3n) is 6.52. The number of ether oxygens (including phenoxy) is 1. The number of imidazole rings is 1. The number of hydrogen-bond donors (Lipinski definition) is 2. The third kappa shape index (κ3) is 4.26. The first-order valence-electron chi connectivity index (χ1n) is 11.2. The van der Waals surface area contributed by atoms with Crippen molar-refractivity contribution in [3.8, 4) is 0 Å². The van der Waals surface area contributed by atoms with Crippen LogP contribution in [0, 0.1) is 0 Å². The van der Waals surface area contributed by atoms with Gasteiger partial charge in [-0.2, -0.15) is 0 Å². The number of nitrogens with one attached hydrogen (secondary N) is 2. The number of hydrogen-bond acceptors (Lipinski definition) is 4. The molecule has 7 nitrogen and oxygen atoms in total. The number of amides is 2. The minimum atomic E-state index is -0.108. The Bertz CT molecular complexity index is 867. The van der Waals surface area contributed by atoms with E-state index in [4.69, 9.17) is 9.72 Å². The van der Waals surface area contributed by atoms with Crippen LogP contribution in [0.2, 0.25) is 0 Å². The summed E-state index contributed by atoms with van der Waals surface area (Å²) in [5.41, 5.74) is 2.90. The second-order valence-electron chi connectivity index (χ2n) is 8.69. The van der Waals surface area contributed by atoms with E-state index in [1.165, 1.54) is 32.1 Å². The highest BCUT2D eigenvalue weighted by atomic mass is 16.5. The molecule has 1 unspecified atom stereocenters. The Labute approximate surface area is 171 Å². The second kappa shape index (κ2) is 8.32. The third-order valence-corrected chi connectivity index (χ3v) is 6.52. The van der Waals surface area contributed by atoms with Gasteiger partial charge in [0.15, 0.2) is 0 Å². The predicted molar refractivity (Wildman–Crippen MR) is 113 cm³/mol. The van der Waals surface area contributed by atoms with Crippen molar-refractivity contribution in [2.45, 2.75) is 70.2 Å². The van der Waals surface area contributed by atoms with Gasteiger partial charge in [0, 0.05) is 38.0 Å². The maximum absolute atomic E-state index is 12.4. The number of fused-ring (bicyclic) bond motifs is 3. The van der Waals surface area contributed by atoms with Gasteiger partial charge in [0.25, 0.3) is 0 Å². The van der Waals surface area contributed by atoms with Crippen LogP contribution < -0.4 is 10.6 Å². The first-order valence-corrected chi connectivity index (χ1v) is 11.2. The van der Waals surface area contributed by atoms with Gasteiger partial charge in [-0.25, -0.2) is 9.78 Å². The Kier molecular flexibility index (Phi) is 5.42. The summed E-state index contributed by atoms with van der Waals surface area (Å²) in [5.74, 6) is 1.10. The number of nitrogens with zero attached hydrogens (tertiary/aromatic N) is 3. The molecule has 1 aromatic heterocycles. The molecule has 0 spiro atoms.